The van der Waals surface area contributed by atoms with Gasteiger partial charge in [0.25, 0.3) is 0 Å². The molecule has 1 unspecified atom stereocenters. The lowest BCUT2D eigenvalue weighted by atomic mass is 10.1. The second kappa shape index (κ2) is 9.90. The number of anilines is 1. The molecule has 2 aliphatic rings. The number of hydrogen-bond acceptors (Lipinski definition) is 6. The van der Waals surface area contributed by atoms with Crippen molar-refractivity contribution in [2.45, 2.75) is 65.6 Å². The summed E-state index contributed by atoms with van der Waals surface area (Å²) in [6, 6.07) is 6.33. The fraction of sp³-hybridized carbons (Fsp3) is 0.667. The number of ether oxygens (including phenoxy) is 2. The standard InChI is InChI=1S/C24H37N3O4/c1-6-30-22(28)20-8-7-11-27(20)21-16-19(10-9-18(21)2)17-25-12-14-26(15-13-25)23(29)31-24(3,4)5/h9-10,16,20H,6-8,11-15,17H2,1-5H3. The molecule has 7 heteroatoms. The fourth-order valence-corrected chi connectivity index (χ4v) is 4.27. The number of esters is 1. The lowest BCUT2D eigenvalue weighted by molar-refractivity contribution is -0.144. The highest BCUT2D eigenvalue weighted by molar-refractivity contribution is 5.81. The SMILES string of the molecule is CCOC(=O)C1CCCN1c1cc(CN2CCN(C(=O)OC(C)(C)C)CC2)ccc1C. The summed E-state index contributed by atoms with van der Waals surface area (Å²) >= 11 is 0. The van der Waals surface area contributed by atoms with Crippen LogP contribution in [0.5, 0.6) is 0 Å². The molecular formula is C24H37N3O4. The van der Waals surface area contributed by atoms with Gasteiger partial charge in [-0.15, -0.1) is 0 Å². The van der Waals surface area contributed by atoms with E-state index in [0.29, 0.717) is 19.7 Å². The maximum atomic E-state index is 12.4. The van der Waals surface area contributed by atoms with Crippen LogP contribution in [0.4, 0.5) is 10.5 Å². The van der Waals surface area contributed by atoms with Crippen molar-refractivity contribution in [3.05, 3.63) is 29.3 Å². The average molecular weight is 432 g/mol. The van der Waals surface area contributed by atoms with Gasteiger partial charge in [0.2, 0.25) is 0 Å². The van der Waals surface area contributed by atoms with Crippen LogP contribution in [0, 0.1) is 6.92 Å². The van der Waals surface area contributed by atoms with Gasteiger partial charge in [0.15, 0.2) is 0 Å². The highest BCUT2D eigenvalue weighted by Crippen LogP contribution is 2.30. The lowest BCUT2D eigenvalue weighted by Crippen LogP contribution is -2.49. The highest BCUT2D eigenvalue weighted by atomic mass is 16.6. The van der Waals surface area contributed by atoms with Crippen molar-refractivity contribution in [2.75, 3.05) is 44.2 Å². The van der Waals surface area contributed by atoms with Crippen LogP contribution in [-0.2, 0) is 20.8 Å². The van der Waals surface area contributed by atoms with Gasteiger partial charge in [-0.05, 0) is 64.7 Å². The van der Waals surface area contributed by atoms with Crippen LogP contribution in [-0.4, -0.2) is 72.8 Å². The topological polar surface area (TPSA) is 62.3 Å². The van der Waals surface area contributed by atoms with Crippen LogP contribution in [0.1, 0.15) is 51.7 Å². The number of aryl methyl sites for hydroxylation is 1. The van der Waals surface area contributed by atoms with Crippen LogP contribution < -0.4 is 4.90 Å². The second-order valence-electron chi connectivity index (χ2n) is 9.47. The molecule has 3 rings (SSSR count). The monoisotopic (exact) mass is 431 g/mol. The van der Waals surface area contributed by atoms with Crippen LogP contribution in [0.3, 0.4) is 0 Å². The number of carbonyl (C=O) groups is 2. The van der Waals surface area contributed by atoms with Crippen LogP contribution in [0.25, 0.3) is 0 Å². The Morgan fingerprint density at radius 3 is 2.45 bits per heavy atom. The molecule has 2 fully saturated rings. The molecule has 172 valence electrons. The molecule has 0 saturated carbocycles. The molecule has 0 aliphatic carbocycles. The highest BCUT2D eigenvalue weighted by Gasteiger charge is 2.33. The summed E-state index contributed by atoms with van der Waals surface area (Å²) in [6.07, 6.45) is 1.61. The average Bonchev–Trinajstić information content (AvgIpc) is 3.18. The molecule has 0 radical (unpaired) electrons. The summed E-state index contributed by atoms with van der Waals surface area (Å²) in [7, 11) is 0. The molecule has 1 atom stereocenters. The number of piperazine rings is 1. The van der Waals surface area contributed by atoms with Crippen molar-refractivity contribution in [3.63, 3.8) is 0 Å². The van der Waals surface area contributed by atoms with Gasteiger partial charge >= 0.3 is 12.1 Å². The van der Waals surface area contributed by atoms with Crippen molar-refractivity contribution in [1.82, 2.24) is 9.80 Å². The van der Waals surface area contributed by atoms with E-state index >= 15 is 0 Å². The third-order valence-corrected chi connectivity index (χ3v) is 5.82. The first-order valence-electron chi connectivity index (χ1n) is 11.4. The van der Waals surface area contributed by atoms with E-state index < -0.39 is 5.60 Å². The van der Waals surface area contributed by atoms with Gasteiger partial charge < -0.3 is 19.3 Å². The number of benzene rings is 1. The van der Waals surface area contributed by atoms with Gasteiger partial charge in [-0.2, -0.15) is 0 Å². The predicted molar refractivity (Wildman–Crippen MR) is 121 cm³/mol. The van der Waals surface area contributed by atoms with E-state index in [4.69, 9.17) is 9.47 Å². The van der Waals surface area contributed by atoms with Gasteiger partial charge in [0, 0.05) is 45.0 Å². The summed E-state index contributed by atoms with van der Waals surface area (Å²) in [6.45, 7) is 14.7. The zero-order valence-electron chi connectivity index (χ0n) is 19.6. The minimum atomic E-state index is -0.469. The van der Waals surface area contributed by atoms with Crippen molar-refractivity contribution < 1.29 is 19.1 Å². The molecule has 1 amide bonds. The minimum Gasteiger partial charge on any atom is -0.464 e. The molecule has 1 aromatic carbocycles. The fourth-order valence-electron chi connectivity index (χ4n) is 4.27. The van der Waals surface area contributed by atoms with E-state index in [9.17, 15) is 9.59 Å². The Morgan fingerprint density at radius 1 is 1.10 bits per heavy atom. The Morgan fingerprint density at radius 2 is 1.81 bits per heavy atom. The molecule has 2 heterocycles. The van der Waals surface area contributed by atoms with Crippen LogP contribution in [0.15, 0.2) is 18.2 Å². The van der Waals surface area contributed by atoms with Crippen LogP contribution in [0.2, 0.25) is 0 Å². The minimum absolute atomic E-state index is 0.122. The number of amides is 1. The molecule has 31 heavy (non-hydrogen) atoms. The Labute approximate surface area is 186 Å². The summed E-state index contributed by atoms with van der Waals surface area (Å²) in [5.74, 6) is -0.122. The zero-order chi connectivity index (χ0) is 22.6. The lowest BCUT2D eigenvalue weighted by Gasteiger charge is -2.35. The normalized spacial score (nSPS) is 20.1. The first-order valence-corrected chi connectivity index (χ1v) is 11.4. The molecular weight excluding hydrogens is 394 g/mol. The first-order chi connectivity index (χ1) is 14.7. The van der Waals surface area contributed by atoms with Crippen molar-refractivity contribution in [3.8, 4) is 0 Å². The summed E-state index contributed by atoms with van der Waals surface area (Å²) in [5, 5.41) is 0. The molecule has 2 aliphatic heterocycles. The number of nitrogens with zero attached hydrogens (tertiary/aromatic N) is 3. The number of hydrogen-bond donors (Lipinski definition) is 0. The Balaban J connectivity index is 1.61. The maximum absolute atomic E-state index is 12.4. The summed E-state index contributed by atoms with van der Waals surface area (Å²) < 4.78 is 10.8. The van der Waals surface area contributed by atoms with E-state index in [1.807, 2.05) is 27.7 Å². The Kier molecular flexibility index (Phi) is 7.46. The van der Waals surface area contributed by atoms with Gasteiger partial charge in [0.1, 0.15) is 11.6 Å². The third-order valence-electron chi connectivity index (χ3n) is 5.82. The molecule has 1 aromatic rings. The van der Waals surface area contributed by atoms with Crippen LogP contribution >= 0.6 is 0 Å². The second-order valence-corrected chi connectivity index (χ2v) is 9.47. The smallest absolute Gasteiger partial charge is 0.410 e. The predicted octanol–water partition coefficient (Wildman–Crippen LogP) is 3.58. The molecule has 0 spiro atoms. The number of carbonyl (C=O) groups excluding carboxylic acids is 2. The Hall–Kier alpha value is -2.28. The summed E-state index contributed by atoms with van der Waals surface area (Å²) in [4.78, 5) is 31.0. The largest absolute Gasteiger partial charge is 0.464 e. The molecule has 2 saturated heterocycles. The quantitative estimate of drug-likeness (QED) is 0.664. The molecule has 7 nitrogen and oxygen atoms in total. The van der Waals surface area contributed by atoms with Crippen molar-refractivity contribution in [1.29, 1.82) is 0 Å². The van der Waals surface area contributed by atoms with Crippen molar-refractivity contribution in [2.24, 2.45) is 0 Å². The van der Waals surface area contributed by atoms with E-state index in [0.717, 1.165) is 44.7 Å². The van der Waals surface area contributed by atoms with Crippen molar-refractivity contribution >= 4 is 17.7 Å². The first kappa shape index (κ1) is 23.4. The van der Waals surface area contributed by atoms with Gasteiger partial charge in [-0.1, -0.05) is 12.1 Å². The molecule has 0 bridgehead atoms. The van der Waals surface area contributed by atoms with E-state index in [1.54, 1.807) is 4.90 Å². The van der Waals surface area contributed by atoms with Gasteiger partial charge in [-0.3, -0.25) is 4.90 Å². The Bertz CT molecular complexity index is 782. The van der Waals surface area contributed by atoms with Gasteiger partial charge in [-0.25, -0.2) is 9.59 Å². The summed E-state index contributed by atoms with van der Waals surface area (Å²) in [5.41, 5.74) is 3.06. The molecule has 0 aromatic heterocycles. The van der Waals surface area contributed by atoms with E-state index in [1.165, 1.54) is 11.1 Å². The van der Waals surface area contributed by atoms with E-state index in [2.05, 4.69) is 34.9 Å². The van der Waals surface area contributed by atoms with Gasteiger partial charge in [0.05, 0.1) is 6.61 Å². The number of rotatable bonds is 5. The third kappa shape index (κ3) is 6.12. The maximum Gasteiger partial charge on any atom is 0.410 e. The molecule has 0 N–H and O–H groups in total. The van der Waals surface area contributed by atoms with E-state index in [-0.39, 0.29) is 18.1 Å². The zero-order valence-corrected chi connectivity index (χ0v) is 19.6.